The number of carboxylic acid groups (broad SMARTS) is 1. The Bertz CT molecular complexity index is 422. The molecule has 1 aromatic heterocycles. The molecular formula is C10H13N3O3S. The number of carboxylic acids is 1. The van der Waals surface area contributed by atoms with Gasteiger partial charge >= 0.3 is 5.97 Å². The molecule has 0 radical (unpaired) electrons. The number of rotatable bonds is 4. The fraction of sp³-hybridized carbons (Fsp3) is 0.500. The van der Waals surface area contributed by atoms with Gasteiger partial charge in [0.1, 0.15) is 0 Å². The lowest BCUT2D eigenvalue weighted by Crippen LogP contribution is -2.41. The highest BCUT2D eigenvalue weighted by Crippen LogP contribution is 2.18. The van der Waals surface area contributed by atoms with E-state index in [-0.39, 0.29) is 18.4 Å². The Hall–Kier alpha value is -1.63. The van der Waals surface area contributed by atoms with Crippen LogP contribution in [0, 0.1) is 0 Å². The number of hydrogen-bond acceptors (Lipinski definition) is 5. The van der Waals surface area contributed by atoms with Gasteiger partial charge in [0.25, 0.3) is 0 Å². The third-order valence-electron chi connectivity index (χ3n) is 2.48. The Kier molecular flexibility index (Phi) is 3.58. The van der Waals surface area contributed by atoms with E-state index in [1.54, 1.807) is 5.38 Å². The van der Waals surface area contributed by atoms with Gasteiger partial charge in [-0.25, -0.2) is 4.98 Å². The van der Waals surface area contributed by atoms with Gasteiger partial charge in [0.2, 0.25) is 5.91 Å². The third-order valence-corrected chi connectivity index (χ3v) is 3.30. The van der Waals surface area contributed by atoms with E-state index < -0.39 is 5.97 Å². The molecule has 1 amide bonds. The number of nitrogens with zero attached hydrogens (tertiary/aromatic N) is 1. The first-order valence-corrected chi connectivity index (χ1v) is 6.21. The van der Waals surface area contributed by atoms with Crippen LogP contribution in [-0.4, -0.2) is 34.6 Å². The van der Waals surface area contributed by atoms with Crippen LogP contribution < -0.4 is 10.6 Å². The van der Waals surface area contributed by atoms with E-state index in [9.17, 15) is 9.59 Å². The summed E-state index contributed by atoms with van der Waals surface area (Å²) >= 11 is 1.39. The molecule has 0 aliphatic carbocycles. The number of carbonyl (C=O) groups excluding carboxylic acids is 1. The number of amides is 1. The van der Waals surface area contributed by atoms with Gasteiger partial charge in [0.05, 0.1) is 12.1 Å². The second-order valence-electron chi connectivity index (χ2n) is 3.90. The predicted molar refractivity (Wildman–Crippen MR) is 63.1 cm³/mol. The zero-order chi connectivity index (χ0) is 12.3. The number of carbonyl (C=O) groups is 2. The van der Waals surface area contributed by atoms with Crippen LogP contribution in [0.5, 0.6) is 0 Å². The summed E-state index contributed by atoms with van der Waals surface area (Å²) in [5.74, 6) is -0.805. The van der Waals surface area contributed by atoms with Gasteiger partial charge < -0.3 is 15.7 Å². The van der Waals surface area contributed by atoms with Crippen molar-refractivity contribution in [1.82, 2.24) is 10.3 Å². The first kappa shape index (κ1) is 11.8. The van der Waals surface area contributed by atoms with Crippen LogP contribution in [0.4, 0.5) is 5.13 Å². The van der Waals surface area contributed by atoms with Crippen LogP contribution >= 0.6 is 11.3 Å². The molecule has 2 heterocycles. The highest BCUT2D eigenvalue weighted by molar-refractivity contribution is 7.13. The van der Waals surface area contributed by atoms with E-state index >= 15 is 0 Å². The summed E-state index contributed by atoms with van der Waals surface area (Å²) in [4.78, 5) is 25.6. The monoisotopic (exact) mass is 255 g/mol. The second kappa shape index (κ2) is 5.13. The third kappa shape index (κ3) is 3.42. The fourth-order valence-corrected chi connectivity index (χ4v) is 2.43. The highest BCUT2D eigenvalue weighted by atomic mass is 32.1. The molecule has 1 saturated heterocycles. The van der Waals surface area contributed by atoms with Crippen LogP contribution in [0.25, 0.3) is 0 Å². The number of piperidine rings is 1. The molecule has 1 unspecified atom stereocenters. The minimum atomic E-state index is -0.883. The van der Waals surface area contributed by atoms with Crippen molar-refractivity contribution >= 4 is 28.3 Å². The summed E-state index contributed by atoms with van der Waals surface area (Å²) in [6, 6.07) is 0.177. The number of nitrogens with one attached hydrogen (secondary N) is 2. The molecule has 1 aliphatic rings. The molecule has 1 atom stereocenters. The van der Waals surface area contributed by atoms with E-state index in [0.717, 1.165) is 6.42 Å². The summed E-state index contributed by atoms with van der Waals surface area (Å²) in [6.45, 7) is 0.590. The van der Waals surface area contributed by atoms with Crippen LogP contribution in [0.1, 0.15) is 18.5 Å². The molecule has 0 spiro atoms. The molecule has 1 aliphatic heterocycles. The number of anilines is 1. The van der Waals surface area contributed by atoms with Crippen LogP contribution in [0.15, 0.2) is 5.38 Å². The Morgan fingerprint density at radius 1 is 1.71 bits per heavy atom. The first-order chi connectivity index (χ1) is 8.13. The maximum absolute atomic E-state index is 11.0. The topological polar surface area (TPSA) is 91.3 Å². The quantitative estimate of drug-likeness (QED) is 0.727. The molecule has 1 aromatic rings. The van der Waals surface area contributed by atoms with Gasteiger partial charge in [0, 0.05) is 24.4 Å². The smallest absolute Gasteiger partial charge is 0.309 e. The Morgan fingerprint density at radius 3 is 3.18 bits per heavy atom. The summed E-state index contributed by atoms with van der Waals surface area (Å²) in [5.41, 5.74) is 0.560. The van der Waals surface area contributed by atoms with Crippen molar-refractivity contribution in [3.8, 4) is 0 Å². The molecule has 6 nitrogen and oxygen atoms in total. The molecular weight excluding hydrogens is 242 g/mol. The van der Waals surface area contributed by atoms with Crippen LogP contribution in [-0.2, 0) is 16.0 Å². The Balaban J connectivity index is 1.88. The fourth-order valence-electron chi connectivity index (χ4n) is 1.64. The lowest BCUT2D eigenvalue weighted by Gasteiger charge is -2.22. The minimum absolute atomic E-state index is 0.0560. The van der Waals surface area contributed by atoms with E-state index in [2.05, 4.69) is 15.6 Å². The first-order valence-electron chi connectivity index (χ1n) is 5.33. The zero-order valence-electron chi connectivity index (χ0n) is 9.10. The van der Waals surface area contributed by atoms with Crippen molar-refractivity contribution in [1.29, 1.82) is 0 Å². The second-order valence-corrected chi connectivity index (χ2v) is 4.76. The van der Waals surface area contributed by atoms with Gasteiger partial charge in [0.15, 0.2) is 5.13 Å². The lowest BCUT2D eigenvalue weighted by atomic mass is 10.1. The zero-order valence-corrected chi connectivity index (χ0v) is 9.92. The lowest BCUT2D eigenvalue weighted by molar-refractivity contribution is -0.136. The predicted octanol–water partition coefficient (Wildman–Crippen LogP) is 0.461. The van der Waals surface area contributed by atoms with E-state index in [1.807, 2.05) is 0 Å². The standard InChI is InChI=1S/C10H13N3O3S/c14-8-2-1-6(4-11-8)12-10-13-7(5-17-10)3-9(15)16/h5-6H,1-4H2,(H,11,14)(H,12,13)(H,15,16). The van der Waals surface area contributed by atoms with Gasteiger partial charge in [-0.3, -0.25) is 9.59 Å². The maximum Gasteiger partial charge on any atom is 0.309 e. The van der Waals surface area contributed by atoms with Crippen molar-refractivity contribution in [2.75, 3.05) is 11.9 Å². The van der Waals surface area contributed by atoms with Gasteiger partial charge in [-0.2, -0.15) is 0 Å². The van der Waals surface area contributed by atoms with Crippen molar-refractivity contribution in [2.24, 2.45) is 0 Å². The molecule has 17 heavy (non-hydrogen) atoms. The van der Waals surface area contributed by atoms with Crippen molar-refractivity contribution < 1.29 is 14.7 Å². The summed E-state index contributed by atoms with van der Waals surface area (Å²) < 4.78 is 0. The van der Waals surface area contributed by atoms with Crippen LogP contribution in [0.2, 0.25) is 0 Å². The molecule has 7 heteroatoms. The van der Waals surface area contributed by atoms with Crippen molar-refractivity contribution in [2.45, 2.75) is 25.3 Å². The number of aliphatic carboxylic acids is 1. The number of hydrogen-bond donors (Lipinski definition) is 3. The van der Waals surface area contributed by atoms with Gasteiger partial charge in [-0.05, 0) is 6.42 Å². The SMILES string of the molecule is O=C(O)Cc1csc(NC2CCC(=O)NC2)n1. The number of aromatic nitrogens is 1. The molecule has 0 aromatic carbocycles. The van der Waals surface area contributed by atoms with Gasteiger partial charge in [-0.15, -0.1) is 11.3 Å². The van der Waals surface area contributed by atoms with Crippen molar-refractivity contribution in [3.63, 3.8) is 0 Å². The van der Waals surface area contributed by atoms with Crippen LogP contribution in [0.3, 0.4) is 0 Å². The van der Waals surface area contributed by atoms with E-state index in [4.69, 9.17) is 5.11 Å². The van der Waals surface area contributed by atoms with Gasteiger partial charge in [-0.1, -0.05) is 0 Å². The van der Waals surface area contributed by atoms with E-state index in [0.29, 0.717) is 23.8 Å². The summed E-state index contributed by atoms with van der Waals surface area (Å²) in [7, 11) is 0. The average Bonchev–Trinajstić information content (AvgIpc) is 2.68. The molecule has 1 fully saturated rings. The molecule has 92 valence electrons. The normalized spacial score (nSPS) is 19.8. The van der Waals surface area contributed by atoms with E-state index in [1.165, 1.54) is 11.3 Å². The van der Waals surface area contributed by atoms with Crippen molar-refractivity contribution in [3.05, 3.63) is 11.1 Å². The molecule has 3 N–H and O–H groups in total. The molecule has 0 saturated carbocycles. The number of thiazole rings is 1. The minimum Gasteiger partial charge on any atom is -0.481 e. The maximum atomic E-state index is 11.0. The largest absolute Gasteiger partial charge is 0.481 e. The highest BCUT2D eigenvalue weighted by Gasteiger charge is 2.18. The Labute approximate surface area is 102 Å². The average molecular weight is 255 g/mol. The Morgan fingerprint density at radius 2 is 2.53 bits per heavy atom. The molecule has 0 bridgehead atoms. The molecule has 2 rings (SSSR count). The summed E-state index contributed by atoms with van der Waals surface area (Å²) in [6.07, 6.45) is 1.24. The summed E-state index contributed by atoms with van der Waals surface area (Å²) in [5, 5.41) is 17.0.